The van der Waals surface area contributed by atoms with Gasteiger partial charge in [0.15, 0.2) is 0 Å². The molecule has 2 N–H and O–H groups in total. The Morgan fingerprint density at radius 3 is 2.35 bits per heavy atom. The summed E-state index contributed by atoms with van der Waals surface area (Å²) in [4.78, 5) is 11.4. The molecular weight excluding hydrogens is 250 g/mol. The number of carboxylic acid groups (broad SMARTS) is 1. The molecule has 0 radical (unpaired) electrons. The highest BCUT2D eigenvalue weighted by Gasteiger charge is 2.21. The molecule has 0 aromatic heterocycles. The van der Waals surface area contributed by atoms with Crippen LogP contribution in [0.25, 0.3) is 0 Å². The van der Waals surface area contributed by atoms with Crippen LogP contribution >= 0.6 is 0 Å². The van der Waals surface area contributed by atoms with Crippen molar-refractivity contribution in [2.45, 2.75) is 59.0 Å². The second-order valence-electron chi connectivity index (χ2n) is 6.75. The van der Waals surface area contributed by atoms with Crippen molar-refractivity contribution in [2.24, 2.45) is 5.41 Å². The summed E-state index contributed by atoms with van der Waals surface area (Å²) in [5, 5.41) is 12.6. The highest BCUT2D eigenvalue weighted by atomic mass is 16.4. The van der Waals surface area contributed by atoms with Crippen LogP contribution < -0.4 is 5.32 Å². The van der Waals surface area contributed by atoms with Gasteiger partial charge in [0.05, 0.1) is 0 Å². The molecule has 20 heavy (non-hydrogen) atoms. The lowest BCUT2D eigenvalue weighted by molar-refractivity contribution is -0.139. The van der Waals surface area contributed by atoms with Gasteiger partial charge in [0.2, 0.25) is 0 Å². The molecular formula is C17H27NO2. The van der Waals surface area contributed by atoms with E-state index >= 15 is 0 Å². The highest BCUT2D eigenvalue weighted by molar-refractivity contribution is 5.74. The zero-order valence-corrected chi connectivity index (χ0v) is 13.0. The monoisotopic (exact) mass is 277 g/mol. The summed E-state index contributed by atoms with van der Waals surface area (Å²) in [7, 11) is 0. The number of aliphatic carboxylic acids is 1. The van der Waals surface area contributed by atoms with E-state index in [1.54, 1.807) is 0 Å². The van der Waals surface area contributed by atoms with Crippen molar-refractivity contribution >= 4 is 5.97 Å². The number of carbonyl (C=O) groups is 1. The van der Waals surface area contributed by atoms with Crippen molar-refractivity contribution < 1.29 is 9.90 Å². The van der Waals surface area contributed by atoms with Gasteiger partial charge in [-0.3, -0.25) is 4.79 Å². The van der Waals surface area contributed by atoms with E-state index in [0.29, 0.717) is 6.42 Å². The first kappa shape index (κ1) is 16.7. The van der Waals surface area contributed by atoms with E-state index in [1.807, 2.05) is 30.3 Å². The molecule has 3 nitrogen and oxygen atoms in total. The van der Waals surface area contributed by atoms with E-state index in [-0.39, 0.29) is 11.5 Å². The van der Waals surface area contributed by atoms with Crippen molar-refractivity contribution in [2.75, 3.05) is 0 Å². The molecule has 112 valence electrons. The second kappa shape index (κ2) is 7.44. The average molecular weight is 277 g/mol. The van der Waals surface area contributed by atoms with Gasteiger partial charge in [-0.15, -0.1) is 0 Å². The molecule has 0 fully saturated rings. The number of rotatable bonds is 7. The molecule has 0 saturated carbocycles. The van der Waals surface area contributed by atoms with Crippen molar-refractivity contribution in [1.29, 1.82) is 0 Å². The molecule has 0 saturated heterocycles. The van der Waals surface area contributed by atoms with Gasteiger partial charge in [-0.05, 0) is 37.2 Å². The fourth-order valence-corrected chi connectivity index (χ4v) is 2.14. The SMILES string of the molecule is CC(CCC(C)(C)C)N[C@H](Cc1ccccc1)C(=O)O. The minimum absolute atomic E-state index is 0.207. The number of hydrogen-bond acceptors (Lipinski definition) is 2. The van der Waals surface area contributed by atoms with Gasteiger partial charge in [-0.25, -0.2) is 0 Å². The molecule has 1 unspecified atom stereocenters. The van der Waals surface area contributed by atoms with E-state index < -0.39 is 12.0 Å². The van der Waals surface area contributed by atoms with E-state index in [1.165, 1.54) is 0 Å². The van der Waals surface area contributed by atoms with Crippen LogP contribution in [-0.2, 0) is 11.2 Å². The minimum atomic E-state index is -0.781. The van der Waals surface area contributed by atoms with Crippen molar-refractivity contribution in [1.82, 2.24) is 5.32 Å². The van der Waals surface area contributed by atoms with Crippen molar-refractivity contribution in [3.63, 3.8) is 0 Å². The maximum absolute atomic E-state index is 11.4. The smallest absolute Gasteiger partial charge is 0.321 e. The fraction of sp³-hybridized carbons (Fsp3) is 0.588. The molecule has 0 heterocycles. The van der Waals surface area contributed by atoms with Crippen LogP contribution in [-0.4, -0.2) is 23.2 Å². The quantitative estimate of drug-likeness (QED) is 0.802. The Hall–Kier alpha value is -1.35. The fourth-order valence-electron chi connectivity index (χ4n) is 2.14. The van der Waals surface area contributed by atoms with Gasteiger partial charge in [0.1, 0.15) is 6.04 Å². The van der Waals surface area contributed by atoms with Gasteiger partial charge < -0.3 is 10.4 Å². The highest BCUT2D eigenvalue weighted by Crippen LogP contribution is 2.21. The van der Waals surface area contributed by atoms with E-state index in [4.69, 9.17) is 0 Å². The van der Waals surface area contributed by atoms with Gasteiger partial charge in [-0.2, -0.15) is 0 Å². The van der Waals surface area contributed by atoms with Gasteiger partial charge in [0.25, 0.3) is 0 Å². The summed E-state index contributed by atoms with van der Waals surface area (Å²) in [6.45, 7) is 8.68. The molecule has 0 aliphatic carbocycles. The Kier molecular flexibility index (Phi) is 6.21. The molecule has 0 amide bonds. The molecule has 0 aliphatic rings. The number of hydrogen-bond donors (Lipinski definition) is 2. The molecule has 2 atom stereocenters. The molecule has 0 bridgehead atoms. The number of benzene rings is 1. The van der Waals surface area contributed by atoms with Gasteiger partial charge >= 0.3 is 5.97 Å². The summed E-state index contributed by atoms with van der Waals surface area (Å²) in [6.07, 6.45) is 2.59. The Morgan fingerprint density at radius 2 is 1.85 bits per heavy atom. The molecule has 0 spiro atoms. The maximum atomic E-state index is 11.4. The van der Waals surface area contributed by atoms with Crippen LogP contribution in [0, 0.1) is 5.41 Å². The van der Waals surface area contributed by atoms with Crippen molar-refractivity contribution in [3.8, 4) is 0 Å². The lowest BCUT2D eigenvalue weighted by Gasteiger charge is -2.24. The standard InChI is InChI=1S/C17H27NO2/c1-13(10-11-17(2,3)4)18-15(16(19)20)12-14-8-6-5-7-9-14/h5-9,13,15,18H,10-12H2,1-4H3,(H,19,20)/t13?,15-/m1/s1. The number of carboxylic acids is 1. The third-order valence-electron chi connectivity index (χ3n) is 3.39. The predicted octanol–water partition coefficient (Wildman–Crippen LogP) is 3.49. The average Bonchev–Trinajstić information content (AvgIpc) is 2.36. The summed E-state index contributed by atoms with van der Waals surface area (Å²) < 4.78 is 0. The second-order valence-corrected chi connectivity index (χ2v) is 6.75. The Morgan fingerprint density at radius 1 is 1.25 bits per heavy atom. The molecule has 1 rings (SSSR count). The van der Waals surface area contributed by atoms with Crippen LogP contribution in [0.5, 0.6) is 0 Å². The Labute approximate surface area is 122 Å². The summed E-state index contributed by atoms with van der Waals surface area (Å²) >= 11 is 0. The summed E-state index contributed by atoms with van der Waals surface area (Å²) in [6, 6.07) is 9.45. The predicted molar refractivity (Wildman–Crippen MR) is 82.9 cm³/mol. The largest absolute Gasteiger partial charge is 0.480 e. The third kappa shape index (κ3) is 6.71. The van der Waals surface area contributed by atoms with Crippen molar-refractivity contribution in [3.05, 3.63) is 35.9 Å². The van der Waals surface area contributed by atoms with E-state index in [0.717, 1.165) is 18.4 Å². The first-order valence-corrected chi connectivity index (χ1v) is 7.31. The van der Waals surface area contributed by atoms with Gasteiger partial charge in [0, 0.05) is 6.04 Å². The minimum Gasteiger partial charge on any atom is -0.480 e. The zero-order valence-electron chi connectivity index (χ0n) is 13.0. The first-order valence-electron chi connectivity index (χ1n) is 7.31. The molecule has 0 aliphatic heterocycles. The third-order valence-corrected chi connectivity index (χ3v) is 3.39. The number of nitrogens with one attached hydrogen (secondary N) is 1. The zero-order chi connectivity index (χ0) is 15.2. The molecule has 1 aromatic rings. The lowest BCUT2D eigenvalue weighted by atomic mass is 9.89. The van der Waals surface area contributed by atoms with Crippen LogP contribution in [0.2, 0.25) is 0 Å². The van der Waals surface area contributed by atoms with Crippen LogP contribution in [0.1, 0.15) is 46.1 Å². The van der Waals surface area contributed by atoms with Gasteiger partial charge in [-0.1, -0.05) is 51.1 Å². The normalized spacial score (nSPS) is 14.8. The maximum Gasteiger partial charge on any atom is 0.321 e. The van der Waals surface area contributed by atoms with Crippen LogP contribution in [0.4, 0.5) is 0 Å². The van der Waals surface area contributed by atoms with E-state index in [2.05, 4.69) is 33.0 Å². The first-order chi connectivity index (χ1) is 9.28. The lowest BCUT2D eigenvalue weighted by Crippen LogP contribution is -2.43. The van der Waals surface area contributed by atoms with Crippen LogP contribution in [0.3, 0.4) is 0 Å². The van der Waals surface area contributed by atoms with Crippen LogP contribution in [0.15, 0.2) is 30.3 Å². The summed E-state index contributed by atoms with van der Waals surface area (Å²) in [5.74, 6) is -0.781. The summed E-state index contributed by atoms with van der Waals surface area (Å²) in [5.41, 5.74) is 1.34. The molecule has 3 heteroatoms. The Bertz CT molecular complexity index is 409. The molecule has 1 aromatic carbocycles. The topological polar surface area (TPSA) is 49.3 Å². The Balaban J connectivity index is 2.53. The van der Waals surface area contributed by atoms with E-state index in [9.17, 15) is 9.90 Å².